The zero-order valence-corrected chi connectivity index (χ0v) is 13.9. The van der Waals surface area contributed by atoms with E-state index in [-0.39, 0.29) is 11.8 Å². The molecule has 3 aromatic heterocycles. The molecule has 10 nitrogen and oxygen atoms in total. The molecule has 4 rings (SSSR count). The van der Waals surface area contributed by atoms with E-state index in [9.17, 15) is 4.79 Å². The van der Waals surface area contributed by atoms with Crippen molar-refractivity contribution < 1.29 is 4.79 Å². The van der Waals surface area contributed by atoms with Crippen LogP contribution in [0, 0.1) is 5.92 Å². The molecule has 0 aromatic carbocycles. The lowest BCUT2D eigenvalue weighted by Crippen LogP contribution is -2.41. The highest BCUT2D eigenvalue weighted by Gasteiger charge is 2.27. The number of hydrogen-bond donors (Lipinski definition) is 1. The summed E-state index contributed by atoms with van der Waals surface area (Å²) in [5, 5.41) is 6.91. The summed E-state index contributed by atoms with van der Waals surface area (Å²) in [4.78, 5) is 35.2. The summed E-state index contributed by atoms with van der Waals surface area (Å²) < 4.78 is 1.58. The predicted octanol–water partition coefficient (Wildman–Crippen LogP) is 0.702. The summed E-state index contributed by atoms with van der Waals surface area (Å²) in [5.74, 6) is 1.67. The van der Waals surface area contributed by atoms with Crippen molar-refractivity contribution >= 4 is 17.5 Å². The smallest absolute Gasteiger partial charge is 0.230 e. The van der Waals surface area contributed by atoms with E-state index in [2.05, 4.69) is 40.2 Å². The first-order valence-corrected chi connectivity index (χ1v) is 8.28. The van der Waals surface area contributed by atoms with E-state index in [0.29, 0.717) is 18.2 Å². The van der Waals surface area contributed by atoms with Crippen LogP contribution < -0.4 is 10.2 Å². The maximum atomic E-state index is 12.5. The largest absolute Gasteiger partial charge is 0.356 e. The summed E-state index contributed by atoms with van der Waals surface area (Å²) in [5.41, 5.74) is 0. The molecule has 0 spiro atoms. The number of nitrogens with zero attached hydrogens (tertiary/aromatic N) is 8. The minimum Gasteiger partial charge on any atom is -0.356 e. The lowest BCUT2D eigenvalue weighted by molar-refractivity contribution is -0.120. The first-order valence-electron chi connectivity index (χ1n) is 8.28. The maximum absolute atomic E-state index is 12.5. The Labute approximate surface area is 149 Å². The molecular formula is C16H17N9O. The van der Waals surface area contributed by atoms with E-state index in [1.807, 2.05) is 6.07 Å². The summed E-state index contributed by atoms with van der Waals surface area (Å²) >= 11 is 0. The molecule has 10 heteroatoms. The molecule has 1 atom stereocenters. The molecule has 1 fully saturated rings. The van der Waals surface area contributed by atoms with Gasteiger partial charge in [0.05, 0.1) is 12.1 Å². The molecule has 26 heavy (non-hydrogen) atoms. The van der Waals surface area contributed by atoms with Gasteiger partial charge in [-0.25, -0.2) is 24.6 Å². The van der Waals surface area contributed by atoms with Crippen LogP contribution in [0.5, 0.6) is 0 Å². The number of carbonyl (C=O) groups excluding carboxylic acids is 1. The molecule has 4 heterocycles. The molecule has 1 saturated heterocycles. The SMILES string of the molecule is O=C(Nc1cnccn1)C1CCCN(c2cc(-n3cncn3)ncn2)C1. The molecule has 0 bridgehead atoms. The van der Waals surface area contributed by atoms with Crippen molar-refractivity contribution in [2.75, 3.05) is 23.3 Å². The van der Waals surface area contributed by atoms with Crippen molar-refractivity contribution in [3.05, 3.63) is 43.6 Å². The molecule has 1 aliphatic rings. The van der Waals surface area contributed by atoms with Crippen LogP contribution in [0.2, 0.25) is 0 Å². The van der Waals surface area contributed by atoms with E-state index in [4.69, 9.17) is 0 Å². The molecule has 1 amide bonds. The van der Waals surface area contributed by atoms with Crippen LogP contribution in [0.4, 0.5) is 11.6 Å². The number of aromatic nitrogens is 7. The second kappa shape index (κ2) is 7.21. The lowest BCUT2D eigenvalue weighted by Gasteiger charge is -2.32. The number of rotatable bonds is 4. The average Bonchev–Trinajstić information content (AvgIpc) is 3.24. The monoisotopic (exact) mass is 351 g/mol. The first-order chi connectivity index (χ1) is 12.8. The Bertz CT molecular complexity index is 868. The van der Waals surface area contributed by atoms with Crippen LogP contribution in [0.1, 0.15) is 12.8 Å². The van der Waals surface area contributed by atoms with Crippen molar-refractivity contribution in [2.45, 2.75) is 12.8 Å². The number of nitrogens with one attached hydrogen (secondary N) is 1. The number of carbonyl (C=O) groups is 1. The number of hydrogen-bond acceptors (Lipinski definition) is 8. The van der Waals surface area contributed by atoms with Crippen LogP contribution in [-0.2, 0) is 4.79 Å². The number of anilines is 2. The molecule has 3 aromatic rings. The van der Waals surface area contributed by atoms with Crippen molar-refractivity contribution in [3.8, 4) is 5.82 Å². The number of piperidine rings is 1. The molecule has 0 saturated carbocycles. The minimum atomic E-state index is -0.143. The normalized spacial score (nSPS) is 17.1. The molecule has 0 aliphatic carbocycles. The van der Waals surface area contributed by atoms with Gasteiger partial charge in [0.15, 0.2) is 11.6 Å². The van der Waals surface area contributed by atoms with E-state index in [1.165, 1.54) is 18.9 Å². The summed E-state index contributed by atoms with van der Waals surface area (Å²) in [6.45, 7) is 1.42. The maximum Gasteiger partial charge on any atom is 0.230 e. The van der Waals surface area contributed by atoms with Crippen molar-refractivity contribution in [3.63, 3.8) is 0 Å². The summed E-state index contributed by atoms with van der Waals surface area (Å²) in [7, 11) is 0. The van der Waals surface area contributed by atoms with E-state index < -0.39 is 0 Å². The summed E-state index contributed by atoms with van der Waals surface area (Å²) in [6.07, 6.45) is 10.9. The second-order valence-electron chi connectivity index (χ2n) is 5.94. The Morgan fingerprint density at radius 2 is 2.04 bits per heavy atom. The van der Waals surface area contributed by atoms with Gasteiger partial charge in [0, 0.05) is 31.5 Å². The molecule has 1 unspecified atom stereocenters. The minimum absolute atomic E-state index is 0.0549. The first kappa shape index (κ1) is 16.1. The van der Waals surface area contributed by atoms with Gasteiger partial charge in [-0.2, -0.15) is 5.10 Å². The van der Waals surface area contributed by atoms with Gasteiger partial charge in [-0.15, -0.1) is 0 Å². The number of amides is 1. The standard InChI is InChI=1S/C16H17N9O/c26-16(23-13-7-17-3-4-19-13)12-2-1-5-24(8-12)14-6-15(21-10-20-14)25-11-18-9-22-25/h3-4,6-7,9-12H,1-2,5,8H2,(H,19,23,26). The van der Waals surface area contributed by atoms with Crippen LogP contribution >= 0.6 is 0 Å². The third-order valence-corrected chi connectivity index (χ3v) is 4.22. The Hall–Kier alpha value is -3.43. The fourth-order valence-electron chi connectivity index (χ4n) is 2.95. The van der Waals surface area contributed by atoms with Gasteiger partial charge in [0.25, 0.3) is 0 Å². The van der Waals surface area contributed by atoms with E-state index in [1.54, 1.807) is 23.4 Å². The summed E-state index contributed by atoms with van der Waals surface area (Å²) in [6, 6.07) is 1.84. The van der Waals surface area contributed by atoms with E-state index >= 15 is 0 Å². The quantitative estimate of drug-likeness (QED) is 0.730. The van der Waals surface area contributed by atoms with E-state index in [0.717, 1.165) is 25.2 Å². The highest BCUT2D eigenvalue weighted by atomic mass is 16.2. The Morgan fingerprint density at radius 1 is 1.12 bits per heavy atom. The fraction of sp³-hybridized carbons (Fsp3) is 0.312. The van der Waals surface area contributed by atoms with Crippen LogP contribution in [0.25, 0.3) is 5.82 Å². The second-order valence-corrected chi connectivity index (χ2v) is 5.94. The predicted molar refractivity (Wildman–Crippen MR) is 92.5 cm³/mol. The Kier molecular flexibility index (Phi) is 4.46. The molecule has 1 aliphatic heterocycles. The van der Waals surface area contributed by atoms with Crippen molar-refractivity contribution in [1.29, 1.82) is 0 Å². The van der Waals surface area contributed by atoms with Crippen molar-refractivity contribution in [2.24, 2.45) is 5.92 Å². The fourth-order valence-corrected chi connectivity index (χ4v) is 2.95. The third kappa shape index (κ3) is 3.48. The zero-order chi connectivity index (χ0) is 17.8. The van der Waals surface area contributed by atoms with Gasteiger partial charge in [-0.05, 0) is 12.8 Å². The van der Waals surface area contributed by atoms with Gasteiger partial charge in [0.1, 0.15) is 24.8 Å². The van der Waals surface area contributed by atoms with Gasteiger partial charge in [0.2, 0.25) is 5.91 Å². The van der Waals surface area contributed by atoms with Gasteiger partial charge < -0.3 is 10.2 Å². The van der Waals surface area contributed by atoms with Gasteiger partial charge in [-0.1, -0.05) is 0 Å². The Morgan fingerprint density at radius 3 is 2.85 bits per heavy atom. The third-order valence-electron chi connectivity index (χ3n) is 4.22. The van der Waals surface area contributed by atoms with Crippen LogP contribution in [0.15, 0.2) is 43.6 Å². The molecular weight excluding hydrogens is 334 g/mol. The Balaban J connectivity index is 1.47. The highest BCUT2D eigenvalue weighted by Crippen LogP contribution is 2.23. The topological polar surface area (TPSA) is 115 Å². The lowest BCUT2D eigenvalue weighted by atomic mass is 9.97. The van der Waals surface area contributed by atoms with Crippen molar-refractivity contribution in [1.82, 2.24) is 34.7 Å². The molecule has 0 radical (unpaired) electrons. The molecule has 1 N–H and O–H groups in total. The highest BCUT2D eigenvalue weighted by molar-refractivity contribution is 5.92. The zero-order valence-electron chi connectivity index (χ0n) is 13.9. The van der Waals surface area contributed by atoms with Gasteiger partial charge in [-0.3, -0.25) is 9.78 Å². The van der Waals surface area contributed by atoms with Gasteiger partial charge >= 0.3 is 0 Å². The van der Waals surface area contributed by atoms with Crippen LogP contribution in [-0.4, -0.2) is 53.7 Å². The molecule has 132 valence electrons. The van der Waals surface area contributed by atoms with Crippen LogP contribution in [0.3, 0.4) is 0 Å². The average molecular weight is 351 g/mol.